The number of benzene rings is 3. The molecule has 0 unspecified atom stereocenters. The van der Waals surface area contributed by atoms with Crippen LogP contribution in [0.1, 0.15) is 21.5 Å². The van der Waals surface area contributed by atoms with Crippen molar-refractivity contribution < 1.29 is 17.9 Å². The Morgan fingerprint density at radius 3 is 2.21 bits per heavy atom. The van der Waals surface area contributed by atoms with Gasteiger partial charge in [0.2, 0.25) is 10.0 Å². The molecule has 0 aromatic heterocycles. The number of halogens is 3. The van der Waals surface area contributed by atoms with Gasteiger partial charge in [0.1, 0.15) is 12.4 Å². The monoisotopic (exact) mass is 540 g/mol. The van der Waals surface area contributed by atoms with Crippen molar-refractivity contribution in [2.75, 3.05) is 23.7 Å². The predicted molar refractivity (Wildman–Crippen MR) is 138 cm³/mol. The number of anilines is 1. The molecule has 180 valence electrons. The van der Waals surface area contributed by atoms with Crippen molar-refractivity contribution in [3.05, 3.63) is 92.4 Å². The number of sulfonamides is 1. The summed E-state index contributed by atoms with van der Waals surface area (Å²) in [5.41, 5.74) is 2.21. The third-order valence-electron chi connectivity index (χ3n) is 4.98. The predicted octanol–water partition coefficient (Wildman–Crippen LogP) is 5.73. The molecule has 3 aromatic rings. The highest BCUT2D eigenvalue weighted by Crippen LogP contribution is 2.29. The first kappa shape index (κ1) is 26.2. The Balaban J connectivity index is 1.63. The zero-order valence-electron chi connectivity index (χ0n) is 18.5. The molecule has 3 rings (SSSR count). The van der Waals surface area contributed by atoms with Crippen LogP contribution in [-0.2, 0) is 16.6 Å². The number of aryl methyl sites for hydroxylation is 1. The van der Waals surface area contributed by atoms with Crippen LogP contribution in [0.5, 0.6) is 5.75 Å². The van der Waals surface area contributed by atoms with Crippen molar-refractivity contribution in [3.8, 4) is 5.75 Å². The highest BCUT2D eigenvalue weighted by atomic mass is 35.5. The molecule has 0 bridgehead atoms. The number of carbonyl (C=O) groups is 1. The first-order chi connectivity index (χ1) is 16.1. The molecule has 6 nitrogen and oxygen atoms in total. The van der Waals surface area contributed by atoms with Gasteiger partial charge in [-0.1, -0.05) is 46.9 Å². The Hall–Kier alpha value is -2.45. The van der Waals surface area contributed by atoms with Crippen molar-refractivity contribution in [1.82, 2.24) is 5.32 Å². The van der Waals surface area contributed by atoms with E-state index in [1.54, 1.807) is 48.5 Å². The Morgan fingerprint density at radius 2 is 1.62 bits per heavy atom. The molecule has 3 aromatic carbocycles. The van der Waals surface area contributed by atoms with E-state index in [1.165, 1.54) is 4.31 Å². The van der Waals surface area contributed by atoms with Crippen molar-refractivity contribution in [2.24, 2.45) is 0 Å². The number of nitrogens with zero attached hydrogens (tertiary/aromatic N) is 1. The van der Waals surface area contributed by atoms with Crippen molar-refractivity contribution in [1.29, 1.82) is 0 Å². The van der Waals surface area contributed by atoms with E-state index in [2.05, 4.69) is 5.32 Å². The fraction of sp³-hybridized carbons (Fsp3) is 0.208. The molecule has 0 radical (unpaired) electrons. The summed E-state index contributed by atoms with van der Waals surface area (Å²) in [5.74, 6) is 0.311. The van der Waals surface area contributed by atoms with Crippen LogP contribution in [-0.4, -0.2) is 33.7 Å². The van der Waals surface area contributed by atoms with E-state index >= 15 is 0 Å². The summed E-state index contributed by atoms with van der Waals surface area (Å²) in [5, 5.41) is 4.11. The molecule has 0 saturated carbocycles. The summed E-state index contributed by atoms with van der Waals surface area (Å²) in [7, 11) is -3.64. The van der Waals surface area contributed by atoms with Gasteiger partial charge in [0.05, 0.1) is 25.0 Å². The number of hydrogen-bond acceptors (Lipinski definition) is 4. The largest absolute Gasteiger partial charge is 0.492 e. The Labute approximate surface area is 214 Å². The summed E-state index contributed by atoms with van der Waals surface area (Å²) >= 11 is 18.5. The van der Waals surface area contributed by atoms with Gasteiger partial charge in [-0.2, -0.15) is 0 Å². The fourth-order valence-corrected chi connectivity index (χ4v) is 4.66. The van der Waals surface area contributed by atoms with Crippen LogP contribution in [0.15, 0.2) is 60.7 Å². The van der Waals surface area contributed by atoms with Crippen LogP contribution in [0.4, 0.5) is 5.69 Å². The van der Waals surface area contributed by atoms with Gasteiger partial charge in [-0.3, -0.25) is 9.10 Å². The topological polar surface area (TPSA) is 75.7 Å². The maximum atomic E-state index is 12.5. The van der Waals surface area contributed by atoms with Crippen LogP contribution < -0.4 is 14.4 Å². The van der Waals surface area contributed by atoms with Gasteiger partial charge >= 0.3 is 0 Å². The Morgan fingerprint density at radius 1 is 0.971 bits per heavy atom. The Bertz CT molecular complexity index is 1260. The molecule has 34 heavy (non-hydrogen) atoms. The van der Waals surface area contributed by atoms with Crippen LogP contribution in [0, 0.1) is 6.92 Å². The van der Waals surface area contributed by atoms with E-state index in [9.17, 15) is 13.2 Å². The number of hydrogen-bond donors (Lipinski definition) is 1. The van der Waals surface area contributed by atoms with Crippen LogP contribution in [0.25, 0.3) is 0 Å². The SMILES string of the molecule is Cc1ccc(OCCNC(=O)c2ccc(N(Cc3c(Cl)cccc3Cl)S(C)(=O)=O)cc2)cc1Cl. The minimum Gasteiger partial charge on any atom is -0.492 e. The highest BCUT2D eigenvalue weighted by molar-refractivity contribution is 7.92. The van der Waals surface area contributed by atoms with Crippen molar-refractivity contribution in [2.45, 2.75) is 13.5 Å². The second-order valence-electron chi connectivity index (χ2n) is 7.53. The number of carbonyl (C=O) groups excluding carboxylic acids is 1. The number of amides is 1. The normalized spacial score (nSPS) is 11.2. The lowest BCUT2D eigenvalue weighted by Gasteiger charge is -2.23. The zero-order valence-corrected chi connectivity index (χ0v) is 21.6. The molecule has 0 fully saturated rings. The van der Waals surface area contributed by atoms with Crippen molar-refractivity contribution in [3.63, 3.8) is 0 Å². The first-order valence-corrected chi connectivity index (χ1v) is 13.2. The summed E-state index contributed by atoms with van der Waals surface area (Å²) in [6, 6.07) is 16.6. The lowest BCUT2D eigenvalue weighted by atomic mass is 10.1. The lowest BCUT2D eigenvalue weighted by molar-refractivity contribution is 0.0947. The van der Waals surface area contributed by atoms with E-state index in [4.69, 9.17) is 39.5 Å². The van der Waals surface area contributed by atoms with Gasteiger partial charge in [-0.15, -0.1) is 0 Å². The van der Waals surface area contributed by atoms with E-state index in [0.29, 0.717) is 37.6 Å². The third-order valence-corrected chi connectivity index (χ3v) is 7.24. The standard InChI is InChI=1S/C24H23Cl3N2O4S/c1-16-6-11-19(14-23(16)27)33-13-12-28-24(30)17-7-9-18(10-8-17)29(34(2,31)32)15-20-21(25)4-3-5-22(20)26/h3-11,14H,12-13,15H2,1-2H3,(H,28,30). The molecular weight excluding hydrogens is 519 g/mol. The summed E-state index contributed by atoms with van der Waals surface area (Å²) in [4.78, 5) is 12.5. The van der Waals surface area contributed by atoms with Gasteiger partial charge < -0.3 is 10.1 Å². The minimum atomic E-state index is -3.64. The molecule has 0 heterocycles. The second-order valence-corrected chi connectivity index (χ2v) is 10.7. The van der Waals surface area contributed by atoms with E-state index in [1.807, 2.05) is 19.1 Å². The zero-order chi connectivity index (χ0) is 24.9. The first-order valence-electron chi connectivity index (χ1n) is 10.2. The molecular formula is C24H23Cl3N2O4S. The smallest absolute Gasteiger partial charge is 0.251 e. The van der Waals surface area contributed by atoms with Gasteiger partial charge in [-0.05, 0) is 61.0 Å². The summed E-state index contributed by atoms with van der Waals surface area (Å²) in [6.45, 7) is 2.41. The van der Waals surface area contributed by atoms with Gasteiger partial charge in [-0.25, -0.2) is 8.42 Å². The molecule has 0 aliphatic rings. The number of ether oxygens (including phenoxy) is 1. The second kappa shape index (κ2) is 11.3. The minimum absolute atomic E-state index is 0.0384. The van der Waals surface area contributed by atoms with E-state index < -0.39 is 10.0 Å². The van der Waals surface area contributed by atoms with Gasteiger partial charge in [0, 0.05) is 26.2 Å². The Kier molecular flexibility index (Phi) is 8.71. The number of nitrogens with one attached hydrogen (secondary N) is 1. The fourth-order valence-electron chi connectivity index (χ4n) is 3.10. The summed E-state index contributed by atoms with van der Waals surface area (Å²) in [6.07, 6.45) is 1.10. The molecule has 0 aliphatic heterocycles. The summed E-state index contributed by atoms with van der Waals surface area (Å²) < 4.78 is 31.7. The van der Waals surface area contributed by atoms with Gasteiger partial charge in [0.15, 0.2) is 0 Å². The van der Waals surface area contributed by atoms with E-state index in [-0.39, 0.29) is 25.6 Å². The van der Waals surface area contributed by atoms with E-state index in [0.717, 1.165) is 11.8 Å². The molecule has 0 spiro atoms. The third kappa shape index (κ3) is 6.79. The van der Waals surface area contributed by atoms with Crippen LogP contribution in [0.3, 0.4) is 0 Å². The van der Waals surface area contributed by atoms with Crippen molar-refractivity contribution >= 4 is 56.4 Å². The maximum absolute atomic E-state index is 12.5. The molecule has 0 atom stereocenters. The maximum Gasteiger partial charge on any atom is 0.251 e. The number of rotatable bonds is 9. The molecule has 0 aliphatic carbocycles. The van der Waals surface area contributed by atoms with Crippen LogP contribution in [0.2, 0.25) is 15.1 Å². The average Bonchev–Trinajstić information content (AvgIpc) is 2.78. The quantitative estimate of drug-likeness (QED) is 0.351. The average molecular weight is 542 g/mol. The van der Waals surface area contributed by atoms with Gasteiger partial charge in [0.25, 0.3) is 5.91 Å². The highest BCUT2D eigenvalue weighted by Gasteiger charge is 2.21. The molecule has 1 N–H and O–H groups in total. The van der Waals surface area contributed by atoms with Crippen LogP contribution >= 0.6 is 34.8 Å². The lowest BCUT2D eigenvalue weighted by Crippen LogP contribution is -2.30. The molecule has 10 heteroatoms. The molecule has 0 saturated heterocycles. The molecule has 1 amide bonds.